The number of ether oxygens (including phenoxy) is 2. The molecule has 1 unspecified atom stereocenters. The number of hydrogen-bond donors (Lipinski definition) is 2. The second-order valence-corrected chi connectivity index (χ2v) is 7.06. The lowest BCUT2D eigenvalue weighted by molar-refractivity contribution is -0.136. The molecule has 0 saturated carbocycles. The summed E-state index contributed by atoms with van der Waals surface area (Å²) >= 11 is 5.94. The van der Waals surface area contributed by atoms with E-state index in [0.717, 1.165) is 18.7 Å². The average Bonchev–Trinajstić information content (AvgIpc) is 2.74. The Morgan fingerprint density at radius 3 is 2.76 bits per heavy atom. The number of nitrogens with one attached hydrogen (secondary N) is 2. The molecule has 1 aliphatic rings. The number of methoxy groups -OCH3 is 1. The van der Waals surface area contributed by atoms with Crippen molar-refractivity contribution in [3.63, 3.8) is 0 Å². The highest BCUT2D eigenvalue weighted by Gasteiger charge is 2.22. The molecular weight excluding hydrogens is 394 g/mol. The molecule has 1 aliphatic heterocycles. The van der Waals surface area contributed by atoms with Crippen molar-refractivity contribution in [2.24, 2.45) is 0 Å². The average molecular weight is 418 g/mol. The van der Waals surface area contributed by atoms with Crippen molar-refractivity contribution >= 4 is 29.1 Å². The molecule has 1 heterocycles. The third kappa shape index (κ3) is 5.93. The molecule has 0 radical (unpaired) electrons. The smallest absolute Gasteiger partial charge is 0.313 e. The number of benzene rings is 2. The van der Waals surface area contributed by atoms with E-state index in [2.05, 4.69) is 15.5 Å². The van der Waals surface area contributed by atoms with Crippen molar-refractivity contribution < 1.29 is 19.1 Å². The number of hydrogen-bond acceptors (Lipinski definition) is 5. The van der Waals surface area contributed by atoms with E-state index in [4.69, 9.17) is 21.1 Å². The number of amides is 2. The van der Waals surface area contributed by atoms with Crippen LogP contribution in [0.1, 0.15) is 11.7 Å². The van der Waals surface area contributed by atoms with Crippen LogP contribution in [0.15, 0.2) is 48.5 Å². The van der Waals surface area contributed by atoms with Crippen LogP contribution in [0.4, 0.5) is 5.69 Å². The summed E-state index contributed by atoms with van der Waals surface area (Å²) in [6.45, 7) is 3.14. The summed E-state index contributed by atoms with van der Waals surface area (Å²) < 4.78 is 11.0. The zero-order chi connectivity index (χ0) is 20.6. The summed E-state index contributed by atoms with van der Waals surface area (Å²) in [7, 11) is 1.48. The molecule has 1 saturated heterocycles. The van der Waals surface area contributed by atoms with E-state index >= 15 is 0 Å². The predicted molar refractivity (Wildman–Crippen MR) is 111 cm³/mol. The minimum Gasteiger partial charge on any atom is -0.495 e. The molecule has 0 bridgehead atoms. The summed E-state index contributed by atoms with van der Waals surface area (Å²) in [4.78, 5) is 26.5. The van der Waals surface area contributed by atoms with Gasteiger partial charge in [0.1, 0.15) is 5.75 Å². The third-order valence-corrected chi connectivity index (χ3v) is 4.89. The quantitative estimate of drug-likeness (QED) is 0.706. The predicted octanol–water partition coefficient (Wildman–Crippen LogP) is 2.48. The molecular formula is C21H24ClN3O4. The molecule has 154 valence electrons. The highest BCUT2D eigenvalue weighted by Crippen LogP contribution is 2.27. The van der Waals surface area contributed by atoms with Gasteiger partial charge in [0.05, 0.1) is 25.5 Å². The Morgan fingerprint density at radius 2 is 2.00 bits per heavy atom. The third-order valence-electron chi connectivity index (χ3n) is 4.65. The molecule has 3 rings (SSSR count). The highest BCUT2D eigenvalue weighted by molar-refractivity contribution is 6.40. The van der Waals surface area contributed by atoms with Crippen LogP contribution in [0.5, 0.6) is 5.75 Å². The largest absolute Gasteiger partial charge is 0.495 e. The lowest BCUT2D eigenvalue weighted by Gasteiger charge is -2.33. The molecule has 1 fully saturated rings. The number of anilines is 1. The van der Waals surface area contributed by atoms with Crippen molar-refractivity contribution in [1.29, 1.82) is 0 Å². The second-order valence-electron chi connectivity index (χ2n) is 6.63. The molecule has 2 N–H and O–H groups in total. The van der Waals surface area contributed by atoms with Gasteiger partial charge >= 0.3 is 11.8 Å². The van der Waals surface area contributed by atoms with Crippen molar-refractivity contribution in [2.45, 2.75) is 6.10 Å². The Balaban J connectivity index is 1.46. The standard InChI is InChI=1S/C21H24ClN3O4/c1-28-18-8-7-16(22)13-17(18)24-21(27)20(26)23-9-10-25-11-12-29-19(14-25)15-5-3-2-4-6-15/h2-8,13,19H,9-12,14H2,1H3,(H,23,26)(H,24,27). The van der Waals surface area contributed by atoms with Crippen LogP contribution in [0.25, 0.3) is 0 Å². The summed E-state index contributed by atoms with van der Waals surface area (Å²) in [5.41, 5.74) is 1.48. The molecule has 0 spiro atoms. The van der Waals surface area contributed by atoms with Crippen LogP contribution >= 0.6 is 11.6 Å². The summed E-state index contributed by atoms with van der Waals surface area (Å²) in [5, 5.41) is 5.61. The molecule has 1 atom stereocenters. The van der Waals surface area contributed by atoms with Gasteiger partial charge in [-0.2, -0.15) is 0 Å². The van der Waals surface area contributed by atoms with E-state index in [9.17, 15) is 9.59 Å². The van der Waals surface area contributed by atoms with Crippen LogP contribution < -0.4 is 15.4 Å². The Kier molecular flexibility index (Phi) is 7.46. The zero-order valence-corrected chi connectivity index (χ0v) is 16.9. The Hall–Kier alpha value is -2.61. The van der Waals surface area contributed by atoms with Crippen molar-refractivity contribution in [3.8, 4) is 5.75 Å². The molecule has 2 aromatic rings. The molecule has 0 aromatic heterocycles. The first kappa shape index (κ1) is 21.1. The number of carbonyl (C=O) groups is 2. The van der Waals surface area contributed by atoms with Crippen LogP contribution in [-0.2, 0) is 14.3 Å². The van der Waals surface area contributed by atoms with Crippen LogP contribution in [0, 0.1) is 0 Å². The van der Waals surface area contributed by atoms with Gasteiger partial charge in [-0.05, 0) is 23.8 Å². The number of rotatable bonds is 6. The fraction of sp³-hybridized carbons (Fsp3) is 0.333. The maximum atomic E-state index is 12.2. The van der Waals surface area contributed by atoms with Gasteiger partial charge in [0.15, 0.2) is 0 Å². The molecule has 2 amide bonds. The second kappa shape index (κ2) is 10.2. The first-order valence-electron chi connectivity index (χ1n) is 9.38. The van der Waals surface area contributed by atoms with Gasteiger partial charge < -0.3 is 20.1 Å². The lowest BCUT2D eigenvalue weighted by Crippen LogP contribution is -2.44. The van der Waals surface area contributed by atoms with Gasteiger partial charge in [-0.1, -0.05) is 41.9 Å². The number of nitrogens with zero attached hydrogens (tertiary/aromatic N) is 1. The fourth-order valence-corrected chi connectivity index (χ4v) is 3.31. The van der Waals surface area contributed by atoms with Crippen LogP contribution in [-0.4, -0.2) is 56.6 Å². The monoisotopic (exact) mass is 417 g/mol. The van der Waals surface area contributed by atoms with Gasteiger partial charge in [0.25, 0.3) is 0 Å². The Labute approximate surface area is 174 Å². The lowest BCUT2D eigenvalue weighted by atomic mass is 10.1. The molecule has 29 heavy (non-hydrogen) atoms. The SMILES string of the molecule is COc1ccc(Cl)cc1NC(=O)C(=O)NCCN1CCOC(c2ccccc2)C1. The van der Waals surface area contributed by atoms with Crippen LogP contribution in [0.2, 0.25) is 5.02 Å². The summed E-state index contributed by atoms with van der Waals surface area (Å²) in [5.74, 6) is -1.05. The minimum absolute atomic E-state index is 0.0132. The minimum atomic E-state index is -0.769. The Morgan fingerprint density at radius 1 is 1.21 bits per heavy atom. The molecule has 8 heteroatoms. The van der Waals surface area contributed by atoms with Crippen molar-refractivity contribution in [1.82, 2.24) is 10.2 Å². The van der Waals surface area contributed by atoms with Crippen molar-refractivity contribution in [3.05, 3.63) is 59.1 Å². The fourth-order valence-electron chi connectivity index (χ4n) is 3.14. The number of carbonyl (C=O) groups excluding carboxylic acids is 2. The topological polar surface area (TPSA) is 79.9 Å². The van der Waals surface area contributed by atoms with Crippen molar-refractivity contribution in [2.75, 3.05) is 45.2 Å². The number of halogens is 1. The van der Waals surface area contributed by atoms with E-state index in [0.29, 0.717) is 36.2 Å². The highest BCUT2D eigenvalue weighted by atomic mass is 35.5. The van der Waals surface area contributed by atoms with E-state index in [1.54, 1.807) is 12.1 Å². The maximum Gasteiger partial charge on any atom is 0.313 e. The molecule has 2 aromatic carbocycles. The van der Waals surface area contributed by atoms with Gasteiger partial charge in [0.2, 0.25) is 0 Å². The van der Waals surface area contributed by atoms with Crippen LogP contribution in [0.3, 0.4) is 0 Å². The molecule has 7 nitrogen and oxygen atoms in total. The maximum absolute atomic E-state index is 12.2. The summed E-state index contributed by atoms with van der Waals surface area (Å²) in [6.07, 6.45) is 0.0132. The zero-order valence-electron chi connectivity index (χ0n) is 16.2. The normalized spacial score (nSPS) is 16.8. The van der Waals surface area contributed by atoms with E-state index in [1.807, 2.05) is 30.3 Å². The number of morpholine rings is 1. The van der Waals surface area contributed by atoms with Gasteiger partial charge in [-0.25, -0.2) is 0 Å². The Bertz CT molecular complexity index is 847. The molecule has 0 aliphatic carbocycles. The van der Waals surface area contributed by atoms with Gasteiger partial charge in [-0.15, -0.1) is 0 Å². The summed E-state index contributed by atoms with van der Waals surface area (Å²) in [6, 6.07) is 14.8. The van der Waals surface area contributed by atoms with Gasteiger partial charge in [-0.3, -0.25) is 14.5 Å². The van der Waals surface area contributed by atoms with Gasteiger partial charge in [0, 0.05) is 31.2 Å². The van der Waals surface area contributed by atoms with E-state index < -0.39 is 11.8 Å². The van der Waals surface area contributed by atoms with E-state index in [1.165, 1.54) is 13.2 Å². The first-order valence-corrected chi connectivity index (χ1v) is 9.76. The first-order chi connectivity index (χ1) is 14.1. The van der Waals surface area contributed by atoms with E-state index in [-0.39, 0.29) is 6.10 Å².